The maximum absolute atomic E-state index is 12.5. The Kier molecular flexibility index (Phi) is 19.4. The van der Waals surface area contributed by atoms with Gasteiger partial charge in [-0.15, -0.1) is 0 Å². The van der Waals surface area contributed by atoms with Gasteiger partial charge in [-0.25, -0.2) is 23.3 Å². The van der Waals surface area contributed by atoms with E-state index in [1.807, 2.05) is 11.8 Å². The highest BCUT2D eigenvalue weighted by molar-refractivity contribution is 8.00. The molecule has 1 aromatic heterocycles. The number of carbonyl (C=O) groups excluding carboxylic acids is 4. The number of aliphatic hydroxyl groups is 1. The van der Waals surface area contributed by atoms with E-state index >= 15 is 0 Å². The molecular formula is C32H52N7O18P3S. The number of carbonyl (C=O) groups is 4. The van der Waals surface area contributed by atoms with Crippen molar-refractivity contribution in [2.24, 2.45) is 0 Å². The minimum atomic E-state index is -5.77. The molecule has 29 heteroatoms. The largest absolute Gasteiger partial charge is 0.490 e. The molecule has 4 heterocycles. The molecule has 344 valence electrons. The Labute approximate surface area is 353 Å². The van der Waals surface area contributed by atoms with Gasteiger partial charge >= 0.3 is 35.2 Å². The number of aromatic amines is 1. The maximum atomic E-state index is 12.5. The Morgan fingerprint density at radius 1 is 0.869 bits per heavy atom. The number of hydrogen-bond acceptors (Lipinski definition) is 15. The number of phosphoric ester groups is 1. The minimum Gasteiger partial charge on any atom is -0.390 e. The number of nitrogens with one attached hydrogen (secondary N) is 6. The van der Waals surface area contributed by atoms with Crippen molar-refractivity contribution in [3.63, 3.8) is 0 Å². The van der Waals surface area contributed by atoms with Crippen LogP contribution < -0.4 is 37.8 Å². The number of phosphoric acid groups is 3. The number of nitrogens with zero attached hydrogens (tertiary/aromatic N) is 1. The van der Waals surface area contributed by atoms with Crippen LogP contribution >= 0.6 is 35.2 Å². The van der Waals surface area contributed by atoms with Crippen LogP contribution in [0, 0.1) is 0 Å². The molecule has 3 aliphatic rings. The summed E-state index contributed by atoms with van der Waals surface area (Å²) in [7, 11) is -16.9. The second kappa shape index (κ2) is 23.5. The van der Waals surface area contributed by atoms with Crippen molar-refractivity contribution in [2.45, 2.75) is 106 Å². The van der Waals surface area contributed by atoms with Gasteiger partial charge in [0.1, 0.15) is 12.3 Å². The first kappa shape index (κ1) is 50.4. The van der Waals surface area contributed by atoms with Gasteiger partial charge in [0.2, 0.25) is 17.7 Å². The fraction of sp³-hybridized carbons (Fsp3) is 0.688. The van der Waals surface area contributed by atoms with E-state index in [1.54, 1.807) is 0 Å². The van der Waals surface area contributed by atoms with Crippen molar-refractivity contribution in [3.05, 3.63) is 38.7 Å². The lowest BCUT2D eigenvalue weighted by atomic mass is 10.0. The number of ether oxygens (including phenoxy) is 1. The zero-order valence-electron chi connectivity index (χ0n) is 32.8. The van der Waals surface area contributed by atoms with Crippen LogP contribution in [0.1, 0.15) is 82.4 Å². The molecule has 25 nitrogen and oxygen atoms in total. The fourth-order valence-electron chi connectivity index (χ4n) is 6.53. The quantitative estimate of drug-likeness (QED) is 0.0330. The zero-order valence-corrected chi connectivity index (χ0v) is 36.3. The van der Waals surface area contributed by atoms with Crippen LogP contribution in [0.3, 0.4) is 0 Å². The zero-order chi connectivity index (χ0) is 44.8. The second-order valence-corrected chi connectivity index (χ2v) is 20.0. The molecule has 3 fully saturated rings. The van der Waals surface area contributed by atoms with Crippen LogP contribution in [-0.4, -0.2) is 120 Å². The SMILES string of the molecule is O=C(CCCNC(=O)CCCCCNC(=O)CCCCC1SCC2NC(=O)NC21)NCC=Cc1cn(C2CC(O)C(COP(=O)(O)OP(=O)(O)OP(=O)(O)O)O2)c(=O)[nH]c1=O. The van der Waals surface area contributed by atoms with Crippen LogP contribution in [0.4, 0.5) is 4.79 Å². The van der Waals surface area contributed by atoms with Gasteiger partial charge in [-0.2, -0.15) is 20.4 Å². The van der Waals surface area contributed by atoms with Crippen LogP contribution in [0.5, 0.6) is 0 Å². The molecule has 0 saturated carbocycles. The molecule has 61 heavy (non-hydrogen) atoms. The van der Waals surface area contributed by atoms with Crippen molar-refractivity contribution >= 4 is 65.1 Å². The summed E-state index contributed by atoms with van der Waals surface area (Å²) in [5.74, 6) is 0.451. The van der Waals surface area contributed by atoms with Gasteiger partial charge in [0, 0.05) is 62.5 Å². The van der Waals surface area contributed by atoms with E-state index in [1.165, 1.54) is 12.2 Å². The number of urea groups is 1. The fourth-order valence-corrected chi connectivity index (χ4v) is 11.1. The summed E-state index contributed by atoms with van der Waals surface area (Å²) in [6.07, 6.45) is 5.55. The van der Waals surface area contributed by atoms with Gasteiger partial charge in [-0.1, -0.05) is 25.0 Å². The number of rotatable bonds is 26. The molecule has 3 aliphatic heterocycles. The number of aliphatic hydroxyl groups excluding tert-OH is 1. The molecule has 0 radical (unpaired) electrons. The van der Waals surface area contributed by atoms with Gasteiger partial charge in [0.05, 0.1) is 30.4 Å². The summed E-state index contributed by atoms with van der Waals surface area (Å²) in [5, 5.41) is 24.9. The Bertz CT molecular complexity index is 2000. The first-order valence-corrected chi connectivity index (χ1v) is 24.9. The number of amides is 5. The van der Waals surface area contributed by atoms with Crippen molar-refractivity contribution < 1.29 is 75.4 Å². The van der Waals surface area contributed by atoms with Gasteiger partial charge in [-0.3, -0.25) is 33.3 Å². The predicted octanol–water partition coefficient (Wildman–Crippen LogP) is -0.0435. The van der Waals surface area contributed by atoms with Crippen molar-refractivity contribution in [1.82, 2.24) is 36.1 Å². The molecule has 0 spiro atoms. The van der Waals surface area contributed by atoms with Crippen LogP contribution in [-0.2, 0) is 46.0 Å². The van der Waals surface area contributed by atoms with E-state index in [0.717, 1.165) is 48.6 Å². The molecule has 4 rings (SSSR count). The number of H-pyrrole nitrogens is 1. The van der Waals surface area contributed by atoms with Crippen molar-refractivity contribution in [3.8, 4) is 0 Å². The molecule has 3 saturated heterocycles. The normalized spacial score (nSPS) is 24.4. The van der Waals surface area contributed by atoms with Gasteiger partial charge in [0.25, 0.3) is 5.56 Å². The first-order chi connectivity index (χ1) is 28.7. The first-order valence-electron chi connectivity index (χ1n) is 19.3. The van der Waals surface area contributed by atoms with Gasteiger partial charge < -0.3 is 56.0 Å². The van der Waals surface area contributed by atoms with Crippen LogP contribution in [0.15, 0.2) is 21.9 Å². The lowest BCUT2D eigenvalue weighted by Gasteiger charge is -2.19. The minimum absolute atomic E-state index is 0.00415. The van der Waals surface area contributed by atoms with Crippen molar-refractivity contribution in [2.75, 3.05) is 32.0 Å². The summed E-state index contributed by atoms with van der Waals surface area (Å²) in [6.45, 7) is -0.130. The lowest BCUT2D eigenvalue weighted by Crippen LogP contribution is -2.36. The number of unbranched alkanes of at least 4 members (excludes halogenated alkanes) is 3. The van der Waals surface area contributed by atoms with Crippen LogP contribution in [0.25, 0.3) is 6.08 Å². The molecule has 8 atom stereocenters. The second-order valence-electron chi connectivity index (χ2n) is 14.3. The molecule has 0 aromatic carbocycles. The Morgan fingerprint density at radius 2 is 1.52 bits per heavy atom. The summed E-state index contributed by atoms with van der Waals surface area (Å²) >= 11 is 1.86. The number of thioether (sulfide) groups is 1. The average molecular weight is 948 g/mol. The molecule has 11 N–H and O–H groups in total. The third kappa shape index (κ3) is 17.8. The Hall–Kier alpha value is -3.22. The highest BCUT2D eigenvalue weighted by Gasteiger charge is 2.44. The van der Waals surface area contributed by atoms with E-state index in [9.17, 15) is 57.4 Å². The Morgan fingerprint density at radius 3 is 2.23 bits per heavy atom. The topological polar surface area (TPSA) is 373 Å². The molecule has 5 amide bonds. The number of aromatic nitrogens is 2. The molecule has 8 unspecified atom stereocenters. The van der Waals surface area contributed by atoms with Gasteiger partial charge in [-0.05, 0) is 32.1 Å². The number of hydrogen-bond donors (Lipinski definition) is 11. The van der Waals surface area contributed by atoms with E-state index in [2.05, 4.69) is 44.7 Å². The molecular weight excluding hydrogens is 895 g/mol. The van der Waals surface area contributed by atoms with E-state index in [-0.39, 0.29) is 60.8 Å². The molecule has 0 bridgehead atoms. The summed E-state index contributed by atoms with van der Waals surface area (Å²) in [5.41, 5.74) is -1.77. The summed E-state index contributed by atoms with van der Waals surface area (Å²) < 4.78 is 52.4. The third-order valence-electron chi connectivity index (χ3n) is 9.43. The smallest absolute Gasteiger partial charge is 0.390 e. The monoisotopic (exact) mass is 947 g/mol. The van der Waals surface area contributed by atoms with E-state index in [4.69, 9.17) is 14.5 Å². The summed E-state index contributed by atoms with van der Waals surface area (Å²) in [4.78, 5) is 111. The van der Waals surface area contributed by atoms with Crippen LogP contribution in [0.2, 0.25) is 0 Å². The van der Waals surface area contributed by atoms with E-state index < -0.39 is 59.8 Å². The van der Waals surface area contributed by atoms with Crippen molar-refractivity contribution in [1.29, 1.82) is 0 Å². The van der Waals surface area contributed by atoms with Gasteiger partial charge in [0.15, 0.2) is 0 Å². The Balaban J connectivity index is 1.04. The van der Waals surface area contributed by atoms with E-state index in [0.29, 0.717) is 44.0 Å². The standard InChI is InChI=1S/C32H52N7O18P3S/c40-22-16-28(55-23(22)18-54-59(50,51)57-60(52,53)56-58(47,48)49)39-17-20(30(44)38-32(39)46)8-6-14-34-27(43)12-7-15-35-25(41)10-2-1-5-13-33-26(42)11-4-3-9-24-29-21(19-61-24)36-31(45)37-29/h6,8,17,21-24,28-29,40H,1-5,7,9-16,18-19H2,(H,33,42)(H,34,43)(H,35,41)(H,50,51)(H,52,53)(H2,36,37,45)(H,38,44,46)(H2,47,48,49). The predicted molar refractivity (Wildman–Crippen MR) is 215 cm³/mol. The third-order valence-corrected chi connectivity index (χ3v) is 14.7. The maximum Gasteiger partial charge on any atom is 0.490 e. The highest BCUT2D eigenvalue weighted by atomic mass is 32.2. The molecule has 1 aromatic rings. The molecule has 0 aliphatic carbocycles. The highest BCUT2D eigenvalue weighted by Crippen LogP contribution is 2.66. The number of fused-ring (bicyclic) bond motifs is 1. The summed E-state index contributed by atoms with van der Waals surface area (Å²) in [6, 6.07) is 0.260. The average Bonchev–Trinajstić information content (AvgIpc) is 3.83. The lowest BCUT2D eigenvalue weighted by molar-refractivity contribution is -0.122.